The fraction of sp³-hybridized carbons (Fsp3) is 1.00. The fourth-order valence-electron chi connectivity index (χ4n) is 0. The molecule has 0 aromatic heterocycles. The second-order valence-corrected chi connectivity index (χ2v) is 0. The molecule has 0 saturated carbocycles. The van der Waals surface area contributed by atoms with Gasteiger partial charge in [0.1, 0.15) is 0 Å². The van der Waals surface area contributed by atoms with E-state index < -0.39 is 0 Å². The Kier molecular flexibility index (Phi) is 1410. The molecule has 0 heterocycles. The molecule has 0 aliphatic heterocycles. The van der Waals surface area contributed by atoms with Crippen LogP contribution in [0.2, 0.25) is 0 Å². The van der Waals surface area contributed by atoms with Gasteiger partial charge in [-0.3, -0.25) is 0 Å². The van der Waals surface area contributed by atoms with Crippen LogP contribution in [-0.4, -0.2) is 10.1 Å². The molecular weight excluding hydrogens is 40.0 g/mol. The van der Waals surface area contributed by atoms with Crippen molar-refractivity contribution >= 4 is 10.1 Å². The molecule has 2 heteroatoms. The van der Waals surface area contributed by atoms with Gasteiger partial charge in [-0.1, -0.05) is 14.9 Å². The summed E-state index contributed by atoms with van der Waals surface area (Å²) < 4.78 is 0. The van der Waals surface area contributed by atoms with Gasteiger partial charge >= 0.3 is 29.0 Å². The van der Waals surface area contributed by atoms with Crippen LogP contribution in [0, 0.1) is 0 Å². The van der Waals surface area contributed by atoms with Gasteiger partial charge in [-0.2, -0.15) is 0 Å². The summed E-state index contributed by atoms with van der Waals surface area (Å²) >= 11 is 0. The average Bonchev–Trinajstić information content (AvgIpc) is 0. The van der Waals surface area contributed by atoms with E-state index in [0.717, 1.165) is 0 Å². The Labute approximate surface area is 48.8 Å². The van der Waals surface area contributed by atoms with Crippen molar-refractivity contribution in [3.8, 4) is 0 Å². The number of hydrogen-bond donors (Lipinski definition) is 0. The first kappa shape index (κ1) is 115. The van der Waals surface area contributed by atoms with E-state index in [1.54, 1.807) is 0 Å². The van der Waals surface area contributed by atoms with Gasteiger partial charge < -0.3 is 4.28 Å². The van der Waals surface area contributed by atoms with E-state index in [-0.39, 0.29) is 48.1 Å². The minimum Gasteiger partial charge on any atom is -1.00 e. The maximum atomic E-state index is 0. The predicted octanol–water partition coefficient (Wildman–Crippen LogP) is -1.77. The zero-order chi connectivity index (χ0) is 0. The molecule has 0 aromatic rings. The van der Waals surface area contributed by atoms with Crippen LogP contribution in [0.15, 0.2) is 0 Å². The van der Waals surface area contributed by atoms with Gasteiger partial charge in [0.2, 0.25) is 0 Å². The summed E-state index contributed by atoms with van der Waals surface area (Å²) in [5.74, 6) is 0. The fourth-order valence-corrected chi connectivity index (χ4v) is 0. The predicted molar refractivity (Wildman–Crippen MR) is 22.6 cm³/mol. The van der Waals surface area contributed by atoms with Crippen molar-refractivity contribution in [2.45, 2.75) is 14.9 Å². The zero-order valence-corrected chi connectivity index (χ0v) is 1.71. The number of rotatable bonds is 0. The maximum Gasteiger partial charge on any atom is 2.00 e. The van der Waals surface area contributed by atoms with E-state index >= 15 is 0 Å². The van der Waals surface area contributed by atoms with Gasteiger partial charge in [0.05, 0.1) is 0 Å². The monoisotopic (exact) mass is 51.1 g/mol. The van der Waals surface area contributed by atoms with E-state index in [1.807, 2.05) is 0 Å². The molecule has 0 bridgehead atoms. The van der Waals surface area contributed by atoms with Crippen LogP contribution in [0.4, 0.5) is 0 Å². The van der Waals surface area contributed by atoms with Gasteiger partial charge in [-0.05, 0) is 0 Å². The van der Waals surface area contributed by atoms with Crippen molar-refractivity contribution in [3.05, 3.63) is 0 Å². The maximum absolute atomic E-state index is 0. The Morgan fingerprint density at radius 1 is 1.00 bits per heavy atom. The number of hydrogen-bond acceptors (Lipinski definition) is 0. The average molecular weight is 51.1 g/mol. The van der Waals surface area contributed by atoms with Crippen LogP contribution in [0.5, 0.6) is 0 Å². The first-order chi connectivity index (χ1) is 0. The van der Waals surface area contributed by atoms with Gasteiger partial charge in [0.15, 0.2) is 0 Å². The molecule has 22 valence electrons. The van der Waals surface area contributed by atoms with Crippen molar-refractivity contribution in [2.75, 3.05) is 0 Å². The van der Waals surface area contributed by atoms with Crippen molar-refractivity contribution in [3.63, 3.8) is 0 Å². The standard InChI is InChI=1S/2CH4.Be.Li.3H/h2*1H4;;;;;/q;;+2;+1;3*-1. The molecule has 0 aliphatic rings. The van der Waals surface area contributed by atoms with E-state index in [9.17, 15) is 0 Å². The Hall–Kier alpha value is 0.766. The normalized spacial score (nSPS) is 0. The Morgan fingerprint density at radius 3 is 1.00 bits per heavy atom. The zero-order valence-electron chi connectivity index (χ0n) is 4.71. The van der Waals surface area contributed by atoms with E-state index in [0.29, 0.717) is 0 Å². The van der Waals surface area contributed by atoms with Crippen LogP contribution < -0.4 is 18.9 Å². The molecule has 0 radical (unpaired) electrons. The molecular formula is C2H11BeLi. The first-order valence-electron chi connectivity index (χ1n) is 0. The largest absolute Gasteiger partial charge is 2.00 e. The van der Waals surface area contributed by atoms with Gasteiger partial charge in [0.25, 0.3) is 0 Å². The Bertz CT molecular complexity index is 12.9. The second kappa shape index (κ2) is 49.1. The summed E-state index contributed by atoms with van der Waals surface area (Å²) in [6.45, 7) is 0. The van der Waals surface area contributed by atoms with Gasteiger partial charge in [-0.15, -0.1) is 0 Å². The molecule has 0 unspecified atom stereocenters. The van der Waals surface area contributed by atoms with Crippen LogP contribution in [-0.2, 0) is 0 Å². The minimum atomic E-state index is 0. The molecule has 0 atom stereocenters. The van der Waals surface area contributed by atoms with E-state index in [4.69, 9.17) is 0 Å². The molecule has 0 rings (SSSR count). The smallest absolute Gasteiger partial charge is 1.00 e. The van der Waals surface area contributed by atoms with Crippen molar-refractivity contribution in [1.82, 2.24) is 0 Å². The van der Waals surface area contributed by atoms with Gasteiger partial charge in [-0.25, -0.2) is 0 Å². The second-order valence-electron chi connectivity index (χ2n) is 0. The molecule has 0 aromatic carbocycles. The van der Waals surface area contributed by atoms with Crippen LogP contribution in [0.1, 0.15) is 19.1 Å². The molecule has 0 amide bonds. The molecule has 0 nitrogen and oxygen atoms in total. The Morgan fingerprint density at radius 2 is 1.00 bits per heavy atom. The van der Waals surface area contributed by atoms with Crippen LogP contribution in [0.25, 0.3) is 0 Å². The van der Waals surface area contributed by atoms with Gasteiger partial charge in [0, 0.05) is 0 Å². The summed E-state index contributed by atoms with van der Waals surface area (Å²) in [5, 5.41) is 0. The van der Waals surface area contributed by atoms with Crippen molar-refractivity contribution in [1.29, 1.82) is 0 Å². The molecule has 0 aliphatic carbocycles. The summed E-state index contributed by atoms with van der Waals surface area (Å²) in [7, 11) is 0. The molecule has 4 heavy (non-hydrogen) atoms. The molecule has 0 saturated heterocycles. The third-order valence-corrected chi connectivity index (χ3v) is 0. The molecule has 0 spiro atoms. The third kappa shape index (κ3) is 14.7. The quantitative estimate of drug-likeness (QED) is 0.286. The third-order valence-electron chi connectivity index (χ3n) is 0. The van der Waals surface area contributed by atoms with Crippen molar-refractivity contribution in [2.24, 2.45) is 0 Å². The minimum absolute atomic E-state index is 0. The SMILES string of the molecule is C.C.[Be+2].[H-].[H-].[H-].[Li+]. The van der Waals surface area contributed by atoms with Crippen molar-refractivity contribution < 1.29 is 23.1 Å². The van der Waals surface area contributed by atoms with E-state index in [2.05, 4.69) is 0 Å². The Balaban J connectivity index is 0. The summed E-state index contributed by atoms with van der Waals surface area (Å²) in [5.41, 5.74) is 0. The summed E-state index contributed by atoms with van der Waals surface area (Å²) in [4.78, 5) is 0. The van der Waals surface area contributed by atoms with Crippen LogP contribution >= 0.6 is 0 Å². The molecule has 0 N–H and O–H groups in total. The first-order valence-corrected chi connectivity index (χ1v) is 0. The summed E-state index contributed by atoms with van der Waals surface area (Å²) in [6, 6.07) is 0. The summed E-state index contributed by atoms with van der Waals surface area (Å²) in [6.07, 6.45) is 0. The van der Waals surface area contributed by atoms with Crippen LogP contribution in [0.3, 0.4) is 0 Å². The topological polar surface area (TPSA) is 0 Å². The van der Waals surface area contributed by atoms with E-state index in [1.165, 1.54) is 0 Å². The molecule has 0 fully saturated rings.